The van der Waals surface area contributed by atoms with E-state index in [9.17, 15) is 0 Å². The maximum atomic E-state index is 6.60. The summed E-state index contributed by atoms with van der Waals surface area (Å²) in [6.45, 7) is 6.38. The van der Waals surface area contributed by atoms with Gasteiger partial charge in [0.2, 0.25) is 0 Å². The molecule has 0 spiro atoms. The molecule has 0 aliphatic heterocycles. The standard InChI is InChI=1S/C29H23P.2C18H15P.2ClH.Os/c1-3-29(25-16-8-4-9-17-25)24(2)30(26-18-10-5-11-19-26,27-20-12-6-13-21-27)28-22-14-7-15-23-28;2*1-4-10-16(11-5-1)19(17-12-6-2-7-13-17)18-14-8-3-9-15-18;;;/h1,3-23,29H;2*1-15H;2*1H;/q;;;;;+2/p-2. The quantitative estimate of drug-likeness (QED) is 0.0797. The van der Waals surface area contributed by atoms with E-state index in [1.54, 1.807) is 6.08 Å². The van der Waals surface area contributed by atoms with Crippen molar-refractivity contribution in [2.45, 2.75) is 5.92 Å². The summed E-state index contributed by atoms with van der Waals surface area (Å²) in [6.07, 6.45) is 1.76. The Morgan fingerprint density at radius 2 is 0.563 bits per heavy atom. The van der Waals surface area contributed by atoms with Gasteiger partial charge in [0.25, 0.3) is 0 Å². The van der Waals surface area contributed by atoms with Crippen molar-refractivity contribution in [3.8, 4) is 0 Å². The monoisotopic (exact) mass is 1190 g/mol. The predicted octanol–water partition coefficient (Wildman–Crippen LogP) is 13.9. The first-order valence-electron chi connectivity index (χ1n) is 23.3. The number of hydrogen-bond donors (Lipinski definition) is 0. The first-order chi connectivity index (χ1) is 35.1. The molecule has 350 valence electrons. The van der Waals surface area contributed by atoms with Gasteiger partial charge < -0.3 is 0 Å². The summed E-state index contributed by atoms with van der Waals surface area (Å²) in [5.74, 6) is -0.178. The van der Waals surface area contributed by atoms with E-state index in [4.69, 9.17) is 25.9 Å². The van der Waals surface area contributed by atoms with Gasteiger partial charge in [-0.15, -0.1) is 0 Å². The third-order valence-electron chi connectivity index (χ3n) is 11.7. The van der Waals surface area contributed by atoms with Crippen LogP contribution in [0.3, 0.4) is 0 Å². The van der Waals surface area contributed by atoms with Crippen LogP contribution in [-0.4, -0.2) is 4.22 Å². The smallest absolute Gasteiger partial charge is 0.0134 e. The zero-order valence-electron chi connectivity index (χ0n) is 39.1. The van der Waals surface area contributed by atoms with Crippen LogP contribution >= 0.6 is 42.4 Å². The molecule has 0 fully saturated rings. The Kier molecular flexibility index (Phi) is 19.6. The summed E-state index contributed by atoms with van der Waals surface area (Å²) in [5, 5.41) is 13.1. The average molecular weight is 1190 g/mol. The van der Waals surface area contributed by atoms with Gasteiger partial charge in [0, 0.05) is 0 Å². The minimum absolute atomic E-state index is 0.178. The van der Waals surface area contributed by atoms with Gasteiger partial charge in [0.15, 0.2) is 0 Å². The number of rotatable bonds is 13. The maximum Gasteiger partial charge on any atom is -0.0134 e. The molecule has 71 heavy (non-hydrogen) atoms. The first-order valence-corrected chi connectivity index (χ1v) is 35.3. The molecule has 10 aromatic rings. The third kappa shape index (κ3) is 13.3. The van der Waals surface area contributed by atoms with Crippen LogP contribution in [-0.2, 0) is 13.8 Å². The minimum Gasteiger partial charge on any atom is -0.0622 e. The number of benzene rings is 10. The molecule has 6 heteroatoms. The van der Waals surface area contributed by atoms with Crippen LogP contribution in [0, 0.1) is 6.58 Å². The van der Waals surface area contributed by atoms with Crippen LogP contribution in [0.4, 0.5) is 0 Å². The van der Waals surface area contributed by atoms with Crippen molar-refractivity contribution < 1.29 is 13.8 Å². The van der Waals surface area contributed by atoms with E-state index < -0.39 is 36.9 Å². The van der Waals surface area contributed by atoms with Crippen LogP contribution in [0.2, 0.25) is 0 Å². The molecule has 10 rings (SSSR count). The molecule has 0 aliphatic carbocycles. The Morgan fingerprint density at radius 1 is 0.352 bits per heavy atom. The molecule has 1 unspecified atom stereocenters. The fourth-order valence-corrected chi connectivity index (χ4v) is 22.3. The molecule has 0 saturated heterocycles. The van der Waals surface area contributed by atoms with Crippen molar-refractivity contribution in [1.29, 1.82) is 0 Å². The maximum absolute atomic E-state index is 6.60. The van der Waals surface area contributed by atoms with E-state index in [1.165, 1.54) is 47.7 Å². The second-order valence-electron chi connectivity index (χ2n) is 16.1. The van der Waals surface area contributed by atoms with Crippen molar-refractivity contribution in [2.75, 3.05) is 0 Å². The summed E-state index contributed by atoms with van der Waals surface area (Å²) < 4.78 is 3.63. The molecule has 10 aromatic carbocycles. The van der Waals surface area contributed by atoms with E-state index in [2.05, 4.69) is 271 Å². The summed E-state index contributed by atoms with van der Waals surface area (Å²) in [7, 11) is 9.93. The SMILES string of the molecule is [CH-]=CC(C(=[C]=[Os]([Cl])[Cl])[P+](c1ccccc1)(c1ccccc1)c1ccccc1)c1ccccc1.c1ccc(P(c2ccccc2)c2ccccc2)cc1.c1ccc(P(c2ccccc2)c2ccccc2)cc1. The second-order valence-corrected chi connectivity index (χ2v) is 31.4. The van der Waals surface area contributed by atoms with Crippen molar-refractivity contribution in [1.82, 2.24) is 0 Å². The number of halogens is 2. The molecule has 0 amide bonds. The summed E-state index contributed by atoms with van der Waals surface area (Å²) in [5.41, 5.74) is 1.10. The minimum atomic E-state index is -2.68. The molecule has 0 saturated carbocycles. The topological polar surface area (TPSA) is 0 Å². The Hall–Kier alpha value is -5.90. The zero-order chi connectivity index (χ0) is 48.9. The van der Waals surface area contributed by atoms with Crippen molar-refractivity contribution in [3.63, 3.8) is 0 Å². The van der Waals surface area contributed by atoms with Gasteiger partial charge in [0.1, 0.15) is 0 Å². The van der Waals surface area contributed by atoms with Crippen molar-refractivity contribution in [2.24, 2.45) is 0 Å². The van der Waals surface area contributed by atoms with E-state index in [0.29, 0.717) is 0 Å². The second kappa shape index (κ2) is 27.1. The van der Waals surface area contributed by atoms with E-state index in [-0.39, 0.29) is 5.92 Å². The molecule has 0 radical (unpaired) electrons. The fourth-order valence-electron chi connectivity index (χ4n) is 8.59. The molecular formula is C65H53Cl2OsP3. The van der Waals surface area contributed by atoms with Crippen molar-refractivity contribution >= 4 is 94.3 Å². The van der Waals surface area contributed by atoms with Gasteiger partial charge in [-0.2, -0.15) is 0 Å². The Labute approximate surface area is 437 Å². The van der Waals surface area contributed by atoms with Gasteiger partial charge in [-0.1, -0.05) is 182 Å². The molecule has 0 aliphatic rings. The first kappa shape index (κ1) is 51.5. The predicted molar refractivity (Wildman–Crippen MR) is 314 cm³/mol. The van der Waals surface area contributed by atoms with Gasteiger partial charge in [-0.25, -0.2) is 0 Å². The summed E-state index contributed by atoms with van der Waals surface area (Å²) in [6, 6.07) is 107. The van der Waals surface area contributed by atoms with Crippen molar-refractivity contribution in [3.05, 3.63) is 327 Å². The van der Waals surface area contributed by atoms with E-state index in [0.717, 1.165) is 10.9 Å². The number of hydrogen-bond acceptors (Lipinski definition) is 0. The van der Waals surface area contributed by atoms with Gasteiger partial charge in [-0.05, 0) is 47.7 Å². The molecule has 0 N–H and O–H groups in total. The van der Waals surface area contributed by atoms with Crippen LogP contribution < -0.4 is 47.7 Å². The summed E-state index contributed by atoms with van der Waals surface area (Å²) >= 11 is -2.68. The van der Waals surface area contributed by atoms with Gasteiger partial charge in [-0.3, -0.25) is 0 Å². The van der Waals surface area contributed by atoms with Crippen LogP contribution in [0.1, 0.15) is 11.5 Å². The Bertz CT molecular complexity index is 2780. The molecule has 1 atom stereocenters. The van der Waals surface area contributed by atoms with E-state index in [1.807, 2.05) is 36.4 Å². The Morgan fingerprint density at radius 3 is 0.775 bits per heavy atom. The molecule has 0 aromatic heterocycles. The van der Waals surface area contributed by atoms with Crippen LogP contribution in [0.25, 0.3) is 0 Å². The average Bonchev–Trinajstić information content (AvgIpc) is 3.45. The number of allylic oxidation sites excluding steroid dienone is 2. The zero-order valence-corrected chi connectivity index (χ0v) is 45.8. The van der Waals surface area contributed by atoms with Crippen LogP contribution in [0.15, 0.2) is 315 Å². The molecule has 0 bridgehead atoms. The fraction of sp³-hybridized carbons (Fsp3) is 0.0154. The molecular weight excluding hydrogens is 1130 g/mol. The third-order valence-corrected chi connectivity index (χ3v) is 23.7. The molecule has 0 nitrogen and oxygen atoms in total. The summed E-state index contributed by atoms with van der Waals surface area (Å²) in [4.78, 5) is 0. The van der Waals surface area contributed by atoms with Gasteiger partial charge >= 0.3 is 211 Å². The molecule has 0 heterocycles. The van der Waals surface area contributed by atoms with Gasteiger partial charge in [0.05, 0.1) is 0 Å². The largest absolute Gasteiger partial charge is 0.0622 e. The normalized spacial score (nSPS) is 11.4. The van der Waals surface area contributed by atoms with E-state index >= 15 is 0 Å². The Balaban J connectivity index is 0.000000152. The van der Waals surface area contributed by atoms with Crippen LogP contribution in [0.5, 0.6) is 0 Å².